The molecule has 0 aliphatic heterocycles. The SMILES string of the molecule is O=C(Nc1ccc(Br)cc1F)c1cncnc1. The number of amides is 1. The lowest BCUT2D eigenvalue weighted by Gasteiger charge is -2.05. The molecule has 0 aliphatic rings. The Balaban J connectivity index is 2.19. The van der Waals surface area contributed by atoms with Crippen LogP contribution in [-0.2, 0) is 0 Å². The summed E-state index contributed by atoms with van der Waals surface area (Å²) in [5, 5.41) is 2.44. The Morgan fingerprint density at radius 2 is 2.00 bits per heavy atom. The molecule has 0 unspecified atom stereocenters. The number of nitrogens with zero attached hydrogens (tertiary/aromatic N) is 2. The van der Waals surface area contributed by atoms with Crippen molar-refractivity contribution in [3.63, 3.8) is 0 Å². The maximum Gasteiger partial charge on any atom is 0.258 e. The Hall–Kier alpha value is -1.82. The van der Waals surface area contributed by atoms with Crippen molar-refractivity contribution in [2.75, 3.05) is 5.32 Å². The zero-order chi connectivity index (χ0) is 12.3. The molecule has 0 bridgehead atoms. The molecule has 0 saturated carbocycles. The summed E-state index contributed by atoms with van der Waals surface area (Å²) in [4.78, 5) is 19.1. The molecule has 4 nitrogen and oxygen atoms in total. The first-order valence-electron chi connectivity index (χ1n) is 4.68. The van der Waals surface area contributed by atoms with Gasteiger partial charge in [0.1, 0.15) is 12.1 Å². The quantitative estimate of drug-likeness (QED) is 0.927. The van der Waals surface area contributed by atoms with Gasteiger partial charge in [0.15, 0.2) is 0 Å². The molecule has 1 aromatic heterocycles. The van der Waals surface area contributed by atoms with Crippen molar-refractivity contribution in [3.8, 4) is 0 Å². The maximum atomic E-state index is 13.5. The van der Waals surface area contributed by atoms with E-state index in [1.165, 1.54) is 30.9 Å². The third kappa shape index (κ3) is 2.85. The van der Waals surface area contributed by atoms with Crippen molar-refractivity contribution in [1.82, 2.24) is 9.97 Å². The molecule has 1 N–H and O–H groups in total. The lowest BCUT2D eigenvalue weighted by atomic mass is 10.2. The van der Waals surface area contributed by atoms with E-state index < -0.39 is 11.7 Å². The molecule has 2 rings (SSSR count). The minimum Gasteiger partial charge on any atom is -0.319 e. The van der Waals surface area contributed by atoms with Gasteiger partial charge in [0.05, 0.1) is 11.3 Å². The van der Waals surface area contributed by atoms with Crippen molar-refractivity contribution >= 4 is 27.5 Å². The number of halogens is 2. The largest absolute Gasteiger partial charge is 0.319 e. The van der Waals surface area contributed by atoms with Gasteiger partial charge in [-0.25, -0.2) is 14.4 Å². The van der Waals surface area contributed by atoms with Crippen molar-refractivity contribution in [2.45, 2.75) is 0 Å². The monoisotopic (exact) mass is 295 g/mol. The molecule has 1 aromatic carbocycles. The number of aromatic nitrogens is 2. The van der Waals surface area contributed by atoms with Gasteiger partial charge >= 0.3 is 0 Å². The second-order valence-electron chi connectivity index (χ2n) is 3.21. The van der Waals surface area contributed by atoms with Crippen LogP contribution < -0.4 is 5.32 Å². The van der Waals surface area contributed by atoms with Gasteiger partial charge in [-0.3, -0.25) is 4.79 Å². The lowest BCUT2D eigenvalue weighted by Crippen LogP contribution is -2.13. The van der Waals surface area contributed by atoms with Gasteiger partial charge < -0.3 is 5.32 Å². The Bertz CT molecular complexity index is 548. The summed E-state index contributed by atoms with van der Waals surface area (Å²) >= 11 is 3.13. The highest BCUT2D eigenvalue weighted by Crippen LogP contribution is 2.19. The summed E-state index contributed by atoms with van der Waals surface area (Å²) in [5.74, 6) is -0.962. The number of carbonyl (C=O) groups is 1. The number of rotatable bonds is 2. The number of benzene rings is 1. The molecular weight excluding hydrogens is 289 g/mol. The number of hydrogen-bond acceptors (Lipinski definition) is 3. The molecule has 6 heteroatoms. The third-order valence-electron chi connectivity index (χ3n) is 2.00. The van der Waals surface area contributed by atoms with E-state index in [4.69, 9.17) is 0 Å². The van der Waals surface area contributed by atoms with E-state index in [0.717, 1.165) is 0 Å². The van der Waals surface area contributed by atoms with E-state index in [1.807, 2.05) is 0 Å². The molecule has 0 atom stereocenters. The van der Waals surface area contributed by atoms with E-state index in [0.29, 0.717) is 4.47 Å². The van der Waals surface area contributed by atoms with E-state index in [-0.39, 0.29) is 11.3 Å². The average molecular weight is 296 g/mol. The van der Waals surface area contributed by atoms with Crippen LogP contribution in [0.1, 0.15) is 10.4 Å². The average Bonchev–Trinajstić information content (AvgIpc) is 2.34. The lowest BCUT2D eigenvalue weighted by molar-refractivity contribution is 0.102. The fourth-order valence-electron chi connectivity index (χ4n) is 1.20. The predicted octanol–water partition coefficient (Wildman–Crippen LogP) is 2.63. The number of hydrogen-bond donors (Lipinski definition) is 1. The Morgan fingerprint density at radius 3 is 2.65 bits per heavy atom. The number of nitrogens with one attached hydrogen (secondary N) is 1. The zero-order valence-electron chi connectivity index (χ0n) is 8.52. The second kappa shape index (κ2) is 5.01. The van der Waals surface area contributed by atoms with Crippen LogP contribution in [0.2, 0.25) is 0 Å². The van der Waals surface area contributed by atoms with Crippen LogP contribution in [0.3, 0.4) is 0 Å². The normalized spacial score (nSPS) is 10.0. The van der Waals surface area contributed by atoms with Crippen LogP contribution in [0.15, 0.2) is 41.4 Å². The van der Waals surface area contributed by atoms with Gasteiger partial charge in [-0.1, -0.05) is 15.9 Å². The van der Waals surface area contributed by atoms with Crippen LogP contribution in [0.4, 0.5) is 10.1 Å². The van der Waals surface area contributed by atoms with Gasteiger partial charge in [-0.2, -0.15) is 0 Å². The zero-order valence-corrected chi connectivity index (χ0v) is 10.1. The molecule has 2 aromatic rings. The highest BCUT2D eigenvalue weighted by molar-refractivity contribution is 9.10. The van der Waals surface area contributed by atoms with E-state index in [2.05, 4.69) is 31.2 Å². The van der Waals surface area contributed by atoms with Gasteiger partial charge in [0, 0.05) is 16.9 Å². The topological polar surface area (TPSA) is 54.9 Å². The van der Waals surface area contributed by atoms with Gasteiger partial charge in [-0.05, 0) is 18.2 Å². The van der Waals surface area contributed by atoms with Crippen LogP contribution in [0.5, 0.6) is 0 Å². The van der Waals surface area contributed by atoms with Crippen LogP contribution >= 0.6 is 15.9 Å². The van der Waals surface area contributed by atoms with Crippen LogP contribution in [0.25, 0.3) is 0 Å². The summed E-state index contributed by atoms with van der Waals surface area (Å²) in [5.41, 5.74) is 0.386. The predicted molar refractivity (Wildman–Crippen MR) is 64.1 cm³/mol. The van der Waals surface area contributed by atoms with Crippen molar-refractivity contribution in [2.24, 2.45) is 0 Å². The minimum atomic E-state index is -0.510. The van der Waals surface area contributed by atoms with Gasteiger partial charge in [0.25, 0.3) is 5.91 Å². The summed E-state index contributed by atoms with van der Waals surface area (Å²) in [6.07, 6.45) is 4.04. The minimum absolute atomic E-state index is 0.113. The fraction of sp³-hybridized carbons (Fsp3) is 0. The first-order chi connectivity index (χ1) is 8.16. The second-order valence-corrected chi connectivity index (χ2v) is 4.12. The summed E-state index contributed by atoms with van der Waals surface area (Å²) < 4.78 is 14.1. The van der Waals surface area contributed by atoms with Crippen molar-refractivity contribution < 1.29 is 9.18 Å². The highest BCUT2D eigenvalue weighted by atomic mass is 79.9. The Kier molecular flexibility index (Phi) is 3.43. The molecule has 86 valence electrons. The molecular formula is C11H7BrFN3O. The molecule has 0 radical (unpaired) electrons. The van der Waals surface area contributed by atoms with Gasteiger partial charge in [0.2, 0.25) is 0 Å². The first-order valence-corrected chi connectivity index (χ1v) is 5.47. The Labute approximate surface area is 105 Å². The molecule has 1 heterocycles. The smallest absolute Gasteiger partial charge is 0.258 e. The van der Waals surface area contributed by atoms with E-state index in [1.54, 1.807) is 6.07 Å². The molecule has 0 fully saturated rings. The fourth-order valence-corrected chi connectivity index (χ4v) is 1.53. The Morgan fingerprint density at radius 1 is 1.29 bits per heavy atom. The number of anilines is 1. The first kappa shape index (κ1) is 11.7. The third-order valence-corrected chi connectivity index (χ3v) is 2.50. The maximum absolute atomic E-state index is 13.5. The van der Waals surface area contributed by atoms with Crippen LogP contribution in [0, 0.1) is 5.82 Å². The molecule has 0 spiro atoms. The van der Waals surface area contributed by atoms with Crippen LogP contribution in [-0.4, -0.2) is 15.9 Å². The van der Waals surface area contributed by atoms with Gasteiger partial charge in [-0.15, -0.1) is 0 Å². The molecule has 17 heavy (non-hydrogen) atoms. The standard InChI is InChI=1S/C11H7BrFN3O/c12-8-1-2-10(9(13)3-8)16-11(17)7-4-14-6-15-5-7/h1-6H,(H,16,17). The highest BCUT2D eigenvalue weighted by Gasteiger charge is 2.09. The van der Waals surface area contributed by atoms with E-state index in [9.17, 15) is 9.18 Å². The molecule has 1 amide bonds. The summed E-state index contributed by atoms with van der Waals surface area (Å²) in [7, 11) is 0. The van der Waals surface area contributed by atoms with E-state index >= 15 is 0 Å². The summed E-state index contributed by atoms with van der Waals surface area (Å²) in [6.45, 7) is 0. The molecule has 0 saturated heterocycles. The number of carbonyl (C=O) groups excluding carboxylic acids is 1. The van der Waals surface area contributed by atoms with Crippen molar-refractivity contribution in [1.29, 1.82) is 0 Å². The summed E-state index contributed by atoms with van der Waals surface area (Å²) in [6, 6.07) is 4.39. The van der Waals surface area contributed by atoms with Crippen molar-refractivity contribution in [3.05, 3.63) is 52.8 Å². The molecule has 0 aliphatic carbocycles.